The standard InChI is InChI=1S/C20H27NO3S/c1-22-17-7-9-18(10-8-17)23-13-4-11-21(15-19-5-2-12-24-19)16-20-6-3-14-25-20/h3,6-10,14,19H,2,4-5,11-13,15-16H2,1H3. The average molecular weight is 362 g/mol. The molecule has 1 aliphatic heterocycles. The van der Waals surface area contributed by atoms with Gasteiger partial charge in [-0.15, -0.1) is 11.3 Å². The molecule has 3 rings (SSSR count). The summed E-state index contributed by atoms with van der Waals surface area (Å²) < 4.78 is 16.8. The first-order chi connectivity index (χ1) is 12.3. The fraction of sp³-hybridized carbons (Fsp3) is 0.500. The highest BCUT2D eigenvalue weighted by molar-refractivity contribution is 7.09. The Kier molecular flexibility index (Phi) is 7.15. The summed E-state index contributed by atoms with van der Waals surface area (Å²) in [6.45, 7) is 4.67. The molecule has 25 heavy (non-hydrogen) atoms. The molecule has 1 aliphatic rings. The summed E-state index contributed by atoms with van der Waals surface area (Å²) in [5.74, 6) is 1.75. The molecule has 0 amide bonds. The van der Waals surface area contributed by atoms with Gasteiger partial charge >= 0.3 is 0 Å². The van der Waals surface area contributed by atoms with E-state index >= 15 is 0 Å². The summed E-state index contributed by atoms with van der Waals surface area (Å²) in [4.78, 5) is 3.91. The third kappa shape index (κ3) is 6.03. The number of hydrogen-bond acceptors (Lipinski definition) is 5. The highest BCUT2D eigenvalue weighted by atomic mass is 32.1. The van der Waals surface area contributed by atoms with Gasteiger partial charge in [-0.2, -0.15) is 0 Å². The van der Waals surface area contributed by atoms with Gasteiger partial charge < -0.3 is 14.2 Å². The highest BCUT2D eigenvalue weighted by Crippen LogP contribution is 2.19. The van der Waals surface area contributed by atoms with Crippen LogP contribution in [0.4, 0.5) is 0 Å². The normalized spacial score (nSPS) is 17.1. The van der Waals surface area contributed by atoms with E-state index in [4.69, 9.17) is 14.2 Å². The fourth-order valence-corrected chi connectivity index (χ4v) is 3.83. The number of thiophene rings is 1. The van der Waals surface area contributed by atoms with Crippen molar-refractivity contribution >= 4 is 11.3 Å². The number of ether oxygens (including phenoxy) is 3. The Morgan fingerprint density at radius 1 is 1.20 bits per heavy atom. The van der Waals surface area contributed by atoms with Gasteiger partial charge in [-0.3, -0.25) is 4.90 Å². The maximum atomic E-state index is 5.85. The summed E-state index contributed by atoms with van der Waals surface area (Å²) in [5, 5.41) is 2.15. The molecule has 0 saturated carbocycles. The van der Waals surface area contributed by atoms with Crippen LogP contribution < -0.4 is 9.47 Å². The van der Waals surface area contributed by atoms with Crippen LogP contribution in [0.1, 0.15) is 24.1 Å². The number of benzene rings is 1. The second-order valence-corrected chi connectivity index (χ2v) is 7.36. The number of nitrogens with zero attached hydrogens (tertiary/aromatic N) is 1. The minimum absolute atomic E-state index is 0.391. The molecule has 0 spiro atoms. The van der Waals surface area contributed by atoms with Crippen LogP contribution in [0.15, 0.2) is 41.8 Å². The number of hydrogen-bond donors (Lipinski definition) is 0. The van der Waals surface area contributed by atoms with E-state index in [2.05, 4.69) is 22.4 Å². The largest absolute Gasteiger partial charge is 0.497 e. The van der Waals surface area contributed by atoms with Gasteiger partial charge in [-0.1, -0.05) is 6.07 Å². The quantitative estimate of drug-likeness (QED) is 0.593. The van der Waals surface area contributed by atoms with Gasteiger partial charge in [0.2, 0.25) is 0 Å². The van der Waals surface area contributed by atoms with E-state index in [9.17, 15) is 0 Å². The third-order valence-corrected chi connectivity index (χ3v) is 5.25. The molecule has 1 saturated heterocycles. The molecule has 1 fully saturated rings. The van der Waals surface area contributed by atoms with Gasteiger partial charge in [0.1, 0.15) is 11.5 Å². The maximum absolute atomic E-state index is 5.85. The van der Waals surface area contributed by atoms with Gasteiger partial charge in [0, 0.05) is 31.1 Å². The average Bonchev–Trinajstić information content (AvgIpc) is 3.33. The summed E-state index contributed by atoms with van der Waals surface area (Å²) in [6.07, 6.45) is 3.77. The van der Waals surface area contributed by atoms with E-state index in [-0.39, 0.29) is 0 Å². The molecule has 1 aromatic carbocycles. The molecule has 0 N–H and O–H groups in total. The monoisotopic (exact) mass is 361 g/mol. The van der Waals surface area contributed by atoms with Crippen molar-refractivity contribution in [2.24, 2.45) is 0 Å². The SMILES string of the molecule is COc1ccc(OCCCN(Cc2cccs2)CC2CCCO2)cc1. The van der Waals surface area contributed by atoms with E-state index in [0.29, 0.717) is 6.10 Å². The van der Waals surface area contributed by atoms with Crippen LogP contribution in [0, 0.1) is 0 Å². The minimum atomic E-state index is 0.391. The molecular weight excluding hydrogens is 334 g/mol. The smallest absolute Gasteiger partial charge is 0.119 e. The molecule has 1 atom stereocenters. The topological polar surface area (TPSA) is 30.9 Å². The first-order valence-corrected chi connectivity index (χ1v) is 9.84. The van der Waals surface area contributed by atoms with Crippen LogP contribution in [-0.4, -0.2) is 44.4 Å². The molecule has 2 aromatic rings. The summed E-state index contributed by atoms with van der Waals surface area (Å²) in [7, 11) is 1.67. The van der Waals surface area contributed by atoms with Crippen LogP contribution in [0.5, 0.6) is 11.5 Å². The summed E-state index contributed by atoms with van der Waals surface area (Å²) >= 11 is 1.82. The zero-order valence-electron chi connectivity index (χ0n) is 14.9. The molecule has 2 heterocycles. The summed E-state index contributed by atoms with van der Waals surface area (Å²) in [5.41, 5.74) is 0. The lowest BCUT2D eigenvalue weighted by molar-refractivity contribution is 0.0689. The molecule has 136 valence electrons. The number of methoxy groups -OCH3 is 1. The first kappa shape index (κ1) is 18.2. The molecule has 1 aromatic heterocycles. The van der Waals surface area contributed by atoms with Gasteiger partial charge in [-0.05, 0) is 55.0 Å². The van der Waals surface area contributed by atoms with Crippen LogP contribution in [0.2, 0.25) is 0 Å². The van der Waals surface area contributed by atoms with E-state index in [1.807, 2.05) is 35.6 Å². The highest BCUT2D eigenvalue weighted by Gasteiger charge is 2.19. The van der Waals surface area contributed by atoms with Crippen molar-refractivity contribution in [1.82, 2.24) is 4.90 Å². The Balaban J connectivity index is 1.43. The predicted molar refractivity (Wildman–Crippen MR) is 102 cm³/mol. The van der Waals surface area contributed by atoms with E-state index < -0.39 is 0 Å². The third-order valence-electron chi connectivity index (χ3n) is 4.39. The van der Waals surface area contributed by atoms with Crippen molar-refractivity contribution < 1.29 is 14.2 Å². The lowest BCUT2D eigenvalue weighted by atomic mass is 10.2. The molecular formula is C20H27NO3S. The van der Waals surface area contributed by atoms with E-state index in [0.717, 1.165) is 50.8 Å². The zero-order valence-corrected chi connectivity index (χ0v) is 15.7. The number of rotatable bonds is 10. The zero-order chi connectivity index (χ0) is 17.3. The molecule has 5 heteroatoms. The molecule has 0 radical (unpaired) electrons. The Morgan fingerprint density at radius 2 is 2.04 bits per heavy atom. The summed E-state index contributed by atoms with van der Waals surface area (Å²) in [6, 6.07) is 12.1. The Morgan fingerprint density at radius 3 is 2.72 bits per heavy atom. The second-order valence-electron chi connectivity index (χ2n) is 6.33. The van der Waals surface area contributed by atoms with Crippen molar-refractivity contribution in [3.8, 4) is 11.5 Å². The Bertz CT molecular complexity index is 594. The second kappa shape index (κ2) is 9.80. The van der Waals surface area contributed by atoms with Crippen LogP contribution in [0.25, 0.3) is 0 Å². The maximum Gasteiger partial charge on any atom is 0.119 e. The molecule has 0 aliphatic carbocycles. The van der Waals surface area contributed by atoms with Gasteiger partial charge in [0.15, 0.2) is 0 Å². The molecule has 4 nitrogen and oxygen atoms in total. The lowest BCUT2D eigenvalue weighted by Crippen LogP contribution is -2.33. The van der Waals surface area contributed by atoms with Crippen molar-refractivity contribution in [3.63, 3.8) is 0 Å². The van der Waals surface area contributed by atoms with Crippen molar-refractivity contribution in [3.05, 3.63) is 46.7 Å². The van der Waals surface area contributed by atoms with E-state index in [1.165, 1.54) is 17.7 Å². The lowest BCUT2D eigenvalue weighted by Gasteiger charge is -2.24. The van der Waals surface area contributed by atoms with Gasteiger partial charge in [0.25, 0.3) is 0 Å². The van der Waals surface area contributed by atoms with Crippen LogP contribution in [-0.2, 0) is 11.3 Å². The van der Waals surface area contributed by atoms with Crippen molar-refractivity contribution in [2.45, 2.75) is 31.9 Å². The van der Waals surface area contributed by atoms with Gasteiger partial charge in [0.05, 0.1) is 19.8 Å². The Hall–Kier alpha value is -1.56. The van der Waals surface area contributed by atoms with Crippen molar-refractivity contribution in [1.29, 1.82) is 0 Å². The minimum Gasteiger partial charge on any atom is -0.497 e. The van der Waals surface area contributed by atoms with Crippen LogP contribution >= 0.6 is 11.3 Å². The fourth-order valence-electron chi connectivity index (χ4n) is 3.08. The molecule has 1 unspecified atom stereocenters. The van der Waals surface area contributed by atoms with E-state index in [1.54, 1.807) is 7.11 Å². The van der Waals surface area contributed by atoms with Gasteiger partial charge in [-0.25, -0.2) is 0 Å². The molecule has 0 bridgehead atoms. The first-order valence-electron chi connectivity index (χ1n) is 8.96. The Labute approximate surface area is 154 Å². The van der Waals surface area contributed by atoms with Crippen molar-refractivity contribution in [2.75, 3.05) is 33.4 Å². The van der Waals surface area contributed by atoms with Crippen LogP contribution in [0.3, 0.4) is 0 Å². The predicted octanol–water partition coefficient (Wildman–Crippen LogP) is 4.21.